The van der Waals surface area contributed by atoms with Crippen LogP contribution >= 0.6 is 0 Å². The zero-order chi connectivity index (χ0) is 15.9. The highest BCUT2D eigenvalue weighted by Gasteiger charge is 2.16. The van der Waals surface area contributed by atoms with Gasteiger partial charge in [0.15, 0.2) is 0 Å². The number of unbranched alkanes of at least 4 members (excludes halogenated alkanes) is 1. The van der Waals surface area contributed by atoms with Gasteiger partial charge in [0.05, 0.1) is 4.90 Å². The molecule has 0 saturated carbocycles. The van der Waals surface area contributed by atoms with E-state index in [9.17, 15) is 13.2 Å². The molecule has 1 amide bonds. The summed E-state index contributed by atoms with van der Waals surface area (Å²) in [6, 6.07) is 5.29. The van der Waals surface area contributed by atoms with Gasteiger partial charge in [0, 0.05) is 19.5 Å². The van der Waals surface area contributed by atoms with Gasteiger partial charge in [0.25, 0.3) is 0 Å². The average Bonchev–Trinajstić information content (AvgIpc) is 2.41. The van der Waals surface area contributed by atoms with Crippen molar-refractivity contribution < 1.29 is 13.2 Å². The van der Waals surface area contributed by atoms with Crippen LogP contribution in [0.25, 0.3) is 0 Å². The molecule has 0 saturated heterocycles. The normalized spacial score (nSPS) is 11.4. The number of amides is 1. The average molecular weight is 312 g/mol. The smallest absolute Gasteiger partial charge is 0.240 e. The van der Waals surface area contributed by atoms with E-state index >= 15 is 0 Å². The molecule has 118 valence electrons. The summed E-state index contributed by atoms with van der Waals surface area (Å²) >= 11 is 0. The van der Waals surface area contributed by atoms with Crippen LogP contribution in [0.3, 0.4) is 0 Å². The quantitative estimate of drug-likeness (QED) is 0.720. The van der Waals surface area contributed by atoms with E-state index in [1.807, 2.05) is 19.9 Å². The van der Waals surface area contributed by atoms with Crippen LogP contribution in [0.15, 0.2) is 23.1 Å². The second-order valence-corrected chi connectivity index (χ2v) is 6.86. The molecule has 0 aliphatic heterocycles. The van der Waals surface area contributed by atoms with E-state index in [1.165, 1.54) is 0 Å². The van der Waals surface area contributed by atoms with Crippen LogP contribution in [0.4, 0.5) is 0 Å². The summed E-state index contributed by atoms with van der Waals surface area (Å²) < 4.78 is 26.9. The van der Waals surface area contributed by atoms with E-state index in [2.05, 4.69) is 10.0 Å². The highest BCUT2D eigenvalue weighted by molar-refractivity contribution is 7.89. The topological polar surface area (TPSA) is 75.3 Å². The van der Waals surface area contributed by atoms with E-state index in [0.717, 1.165) is 18.4 Å². The molecule has 0 aliphatic carbocycles. The Morgan fingerprint density at radius 1 is 1.19 bits per heavy atom. The number of rotatable bonds is 8. The minimum Gasteiger partial charge on any atom is -0.356 e. The summed E-state index contributed by atoms with van der Waals surface area (Å²) in [5.41, 5.74) is 1.58. The molecule has 5 nitrogen and oxygen atoms in total. The number of carbonyl (C=O) groups is 1. The monoisotopic (exact) mass is 312 g/mol. The Balaban J connectivity index is 2.54. The molecule has 1 aromatic rings. The molecule has 0 spiro atoms. The standard InChI is InChI=1S/C15H24N2O3S/c1-4-5-9-16-15(18)8-10-17-21(19,20)14-11-12(2)6-7-13(14)3/h6-7,11,17H,4-5,8-10H2,1-3H3,(H,16,18). The summed E-state index contributed by atoms with van der Waals surface area (Å²) in [4.78, 5) is 11.8. The van der Waals surface area contributed by atoms with Crippen molar-refractivity contribution in [3.63, 3.8) is 0 Å². The lowest BCUT2D eigenvalue weighted by Gasteiger charge is -2.10. The first-order valence-electron chi connectivity index (χ1n) is 7.20. The zero-order valence-corrected chi connectivity index (χ0v) is 13.7. The molecule has 0 fully saturated rings. The van der Waals surface area contributed by atoms with Crippen LogP contribution in [-0.2, 0) is 14.8 Å². The third-order valence-electron chi connectivity index (χ3n) is 3.13. The summed E-state index contributed by atoms with van der Waals surface area (Å²) in [6.45, 7) is 6.39. The van der Waals surface area contributed by atoms with Gasteiger partial charge in [0.2, 0.25) is 15.9 Å². The van der Waals surface area contributed by atoms with E-state index in [-0.39, 0.29) is 23.8 Å². The van der Waals surface area contributed by atoms with Gasteiger partial charge < -0.3 is 5.32 Å². The second kappa shape index (κ2) is 8.14. The van der Waals surface area contributed by atoms with Gasteiger partial charge in [-0.25, -0.2) is 13.1 Å². The molecule has 1 rings (SSSR count). The minimum absolute atomic E-state index is 0.105. The molecule has 0 aliphatic rings. The molecule has 1 aromatic carbocycles. The largest absolute Gasteiger partial charge is 0.356 e. The van der Waals surface area contributed by atoms with Crippen molar-refractivity contribution in [2.24, 2.45) is 0 Å². The summed E-state index contributed by atoms with van der Waals surface area (Å²) in [6.07, 6.45) is 2.09. The molecule has 0 aromatic heterocycles. The van der Waals surface area contributed by atoms with Gasteiger partial charge in [-0.15, -0.1) is 0 Å². The first-order chi connectivity index (χ1) is 9.86. The fourth-order valence-electron chi connectivity index (χ4n) is 1.87. The molecule has 0 heterocycles. The Morgan fingerprint density at radius 3 is 2.57 bits per heavy atom. The lowest BCUT2D eigenvalue weighted by atomic mass is 10.2. The number of nitrogens with one attached hydrogen (secondary N) is 2. The number of aryl methyl sites for hydroxylation is 2. The minimum atomic E-state index is -3.56. The van der Waals surface area contributed by atoms with Crippen molar-refractivity contribution >= 4 is 15.9 Å². The number of carbonyl (C=O) groups excluding carboxylic acids is 1. The van der Waals surface area contributed by atoms with Crippen LogP contribution in [0.1, 0.15) is 37.3 Å². The Hall–Kier alpha value is -1.40. The van der Waals surface area contributed by atoms with Crippen molar-refractivity contribution in [3.05, 3.63) is 29.3 Å². The van der Waals surface area contributed by atoms with Gasteiger partial charge in [-0.05, 0) is 37.5 Å². The highest BCUT2D eigenvalue weighted by Crippen LogP contribution is 2.16. The fourth-order valence-corrected chi connectivity index (χ4v) is 3.23. The van der Waals surface area contributed by atoms with Crippen LogP contribution in [-0.4, -0.2) is 27.4 Å². The summed E-state index contributed by atoms with van der Waals surface area (Å²) in [7, 11) is -3.56. The van der Waals surface area contributed by atoms with Crippen molar-refractivity contribution in [1.29, 1.82) is 0 Å². The third-order valence-corrected chi connectivity index (χ3v) is 4.73. The number of benzene rings is 1. The molecule has 0 unspecified atom stereocenters. The van der Waals surface area contributed by atoms with Crippen molar-refractivity contribution in [1.82, 2.24) is 10.0 Å². The maximum absolute atomic E-state index is 12.2. The van der Waals surface area contributed by atoms with E-state index < -0.39 is 10.0 Å². The van der Waals surface area contributed by atoms with Gasteiger partial charge in [0.1, 0.15) is 0 Å². The molecule has 0 atom stereocenters. The van der Waals surface area contributed by atoms with Crippen molar-refractivity contribution in [3.8, 4) is 0 Å². The number of hydrogen-bond donors (Lipinski definition) is 2. The van der Waals surface area contributed by atoms with Gasteiger partial charge in [-0.2, -0.15) is 0 Å². The lowest BCUT2D eigenvalue weighted by molar-refractivity contribution is -0.120. The van der Waals surface area contributed by atoms with Gasteiger partial charge in [-0.3, -0.25) is 4.79 Å². The maximum atomic E-state index is 12.2. The SMILES string of the molecule is CCCCNC(=O)CCNS(=O)(=O)c1cc(C)ccc1C. The van der Waals surface area contributed by atoms with Crippen LogP contribution in [0.5, 0.6) is 0 Å². The third kappa shape index (κ3) is 5.85. The van der Waals surface area contributed by atoms with E-state index in [4.69, 9.17) is 0 Å². The lowest BCUT2D eigenvalue weighted by Crippen LogP contribution is -2.31. The summed E-state index contributed by atoms with van der Waals surface area (Å²) in [5, 5.41) is 2.76. The number of hydrogen-bond acceptors (Lipinski definition) is 3. The molecule has 6 heteroatoms. The maximum Gasteiger partial charge on any atom is 0.240 e. The van der Waals surface area contributed by atoms with Crippen molar-refractivity contribution in [2.45, 2.75) is 44.9 Å². The van der Waals surface area contributed by atoms with E-state index in [0.29, 0.717) is 12.1 Å². The fraction of sp³-hybridized carbons (Fsp3) is 0.533. The predicted octanol–water partition coefficient (Wildman–Crippen LogP) is 1.89. The Bertz CT molecular complexity index is 583. The predicted molar refractivity (Wildman–Crippen MR) is 83.6 cm³/mol. The first-order valence-corrected chi connectivity index (χ1v) is 8.68. The second-order valence-electron chi connectivity index (χ2n) is 5.12. The molecular weight excluding hydrogens is 288 g/mol. The summed E-state index contributed by atoms with van der Waals surface area (Å²) in [5.74, 6) is -0.132. The highest BCUT2D eigenvalue weighted by atomic mass is 32.2. The van der Waals surface area contributed by atoms with Crippen LogP contribution in [0, 0.1) is 13.8 Å². The van der Waals surface area contributed by atoms with Gasteiger partial charge in [-0.1, -0.05) is 25.5 Å². The molecule has 0 bridgehead atoms. The molecular formula is C15H24N2O3S. The Labute approximate surface area is 127 Å². The van der Waals surface area contributed by atoms with Crippen LogP contribution in [0.2, 0.25) is 0 Å². The van der Waals surface area contributed by atoms with E-state index in [1.54, 1.807) is 19.1 Å². The number of sulfonamides is 1. The Morgan fingerprint density at radius 2 is 1.90 bits per heavy atom. The zero-order valence-electron chi connectivity index (χ0n) is 12.9. The first kappa shape index (κ1) is 17.7. The molecule has 21 heavy (non-hydrogen) atoms. The Kier molecular flexibility index (Phi) is 6.84. The molecule has 2 N–H and O–H groups in total. The van der Waals surface area contributed by atoms with Crippen molar-refractivity contribution in [2.75, 3.05) is 13.1 Å². The molecule has 0 radical (unpaired) electrons. The van der Waals surface area contributed by atoms with Crippen LogP contribution < -0.4 is 10.0 Å². The van der Waals surface area contributed by atoms with Gasteiger partial charge >= 0.3 is 0 Å².